The van der Waals surface area contributed by atoms with E-state index in [9.17, 15) is 4.79 Å². The highest BCUT2D eigenvalue weighted by atomic mass is 35.5. The number of carbonyl (C=O) groups is 1. The number of amides is 1. The normalized spacial score (nSPS) is 13.5. The summed E-state index contributed by atoms with van der Waals surface area (Å²) in [5.74, 6) is 0.863. The fraction of sp³-hybridized carbons (Fsp3) is 0.250. The molecule has 4 nitrogen and oxygen atoms in total. The van der Waals surface area contributed by atoms with Crippen molar-refractivity contribution >= 4 is 40.9 Å². The molecule has 3 rings (SSSR count). The van der Waals surface area contributed by atoms with Crippen molar-refractivity contribution < 1.29 is 14.3 Å². The Kier molecular flexibility index (Phi) is 5.74. The van der Waals surface area contributed by atoms with Gasteiger partial charge in [0.2, 0.25) is 5.91 Å². The maximum absolute atomic E-state index is 12.3. The SMILES string of the molecule is Cc1cc(C)c(NC(=O)/C=C/c2cc(Cl)c3c(c2)OCCCO3)c(Cl)c1. The minimum absolute atomic E-state index is 0.276. The van der Waals surface area contributed by atoms with Crippen molar-refractivity contribution in [3.05, 3.63) is 57.1 Å². The van der Waals surface area contributed by atoms with Crippen LogP contribution >= 0.6 is 23.2 Å². The first kappa shape index (κ1) is 18.6. The quantitative estimate of drug-likeness (QED) is 0.710. The molecule has 0 aliphatic carbocycles. The number of carbonyl (C=O) groups excluding carboxylic acids is 1. The molecule has 1 heterocycles. The Labute approximate surface area is 162 Å². The van der Waals surface area contributed by atoms with E-state index in [1.165, 1.54) is 6.08 Å². The standard InChI is InChI=1S/C20H19Cl2NO3/c1-12-8-13(2)19(15(21)9-12)23-18(24)5-4-14-10-16(22)20-17(11-14)25-6-3-7-26-20/h4-5,8-11H,3,6-7H2,1-2H3,(H,23,24)/b5-4+. The molecule has 1 N–H and O–H groups in total. The van der Waals surface area contributed by atoms with Crippen LogP contribution in [-0.2, 0) is 4.79 Å². The molecule has 0 spiro atoms. The highest BCUT2D eigenvalue weighted by molar-refractivity contribution is 6.34. The van der Waals surface area contributed by atoms with Gasteiger partial charge >= 0.3 is 0 Å². The average Bonchev–Trinajstić information content (AvgIpc) is 2.82. The van der Waals surface area contributed by atoms with Gasteiger partial charge in [-0.2, -0.15) is 0 Å². The smallest absolute Gasteiger partial charge is 0.248 e. The first-order chi connectivity index (χ1) is 12.4. The fourth-order valence-electron chi connectivity index (χ4n) is 2.76. The van der Waals surface area contributed by atoms with Crippen molar-refractivity contribution in [3.8, 4) is 11.5 Å². The zero-order valence-corrected chi connectivity index (χ0v) is 16.1. The zero-order valence-electron chi connectivity index (χ0n) is 14.6. The van der Waals surface area contributed by atoms with Crippen LogP contribution in [0.3, 0.4) is 0 Å². The maximum atomic E-state index is 12.3. The molecular formula is C20H19Cl2NO3. The van der Waals surface area contributed by atoms with Crippen molar-refractivity contribution in [1.29, 1.82) is 0 Å². The molecule has 0 saturated carbocycles. The van der Waals surface area contributed by atoms with E-state index in [1.807, 2.05) is 26.0 Å². The van der Waals surface area contributed by atoms with E-state index in [4.69, 9.17) is 32.7 Å². The van der Waals surface area contributed by atoms with Gasteiger partial charge in [0.25, 0.3) is 0 Å². The third-order valence-corrected chi connectivity index (χ3v) is 4.51. The summed E-state index contributed by atoms with van der Waals surface area (Å²) in [4.78, 5) is 12.3. The van der Waals surface area contributed by atoms with Crippen LogP contribution in [0, 0.1) is 13.8 Å². The topological polar surface area (TPSA) is 47.6 Å². The third-order valence-electron chi connectivity index (χ3n) is 3.93. The van der Waals surface area contributed by atoms with Crippen LogP contribution in [0.4, 0.5) is 5.69 Å². The summed E-state index contributed by atoms with van der Waals surface area (Å²) in [6.07, 6.45) is 3.91. The first-order valence-corrected chi connectivity index (χ1v) is 9.04. The molecule has 1 aliphatic heterocycles. The number of hydrogen-bond acceptors (Lipinski definition) is 3. The minimum Gasteiger partial charge on any atom is -0.489 e. The number of anilines is 1. The molecule has 26 heavy (non-hydrogen) atoms. The molecule has 0 aromatic heterocycles. The molecule has 1 aliphatic rings. The molecule has 0 saturated heterocycles. The molecule has 0 unspecified atom stereocenters. The molecule has 0 atom stereocenters. The number of benzene rings is 2. The predicted molar refractivity (Wildman–Crippen MR) is 106 cm³/mol. The van der Waals surface area contributed by atoms with Gasteiger partial charge in [0.1, 0.15) is 0 Å². The Hall–Kier alpha value is -2.17. The molecule has 2 aromatic rings. The van der Waals surface area contributed by atoms with E-state index in [0.29, 0.717) is 40.4 Å². The number of fused-ring (bicyclic) bond motifs is 1. The van der Waals surface area contributed by atoms with Crippen LogP contribution in [0.25, 0.3) is 6.08 Å². The Bertz CT molecular complexity index is 855. The van der Waals surface area contributed by atoms with Gasteiger partial charge < -0.3 is 14.8 Å². The molecule has 0 radical (unpaired) electrons. The largest absolute Gasteiger partial charge is 0.489 e. The molecule has 1 amide bonds. The summed E-state index contributed by atoms with van der Waals surface area (Å²) in [6.45, 7) is 5.00. The Morgan fingerprint density at radius 3 is 2.62 bits per heavy atom. The van der Waals surface area contributed by atoms with E-state index in [0.717, 1.165) is 23.1 Å². The van der Waals surface area contributed by atoms with Crippen LogP contribution in [0.5, 0.6) is 11.5 Å². The lowest BCUT2D eigenvalue weighted by Crippen LogP contribution is -2.09. The Morgan fingerprint density at radius 1 is 1.08 bits per heavy atom. The summed E-state index contributed by atoms with van der Waals surface area (Å²) >= 11 is 12.5. The van der Waals surface area contributed by atoms with E-state index >= 15 is 0 Å². The van der Waals surface area contributed by atoms with E-state index in [2.05, 4.69) is 5.32 Å². The van der Waals surface area contributed by atoms with Crippen molar-refractivity contribution in [2.24, 2.45) is 0 Å². The van der Waals surface area contributed by atoms with Gasteiger partial charge in [-0.15, -0.1) is 0 Å². The first-order valence-electron chi connectivity index (χ1n) is 8.29. The van der Waals surface area contributed by atoms with Crippen molar-refractivity contribution in [2.45, 2.75) is 20.3 Å². The van der Waals surface area contributed by atoms with Gasteiger partial charge in [-0.25, -0.2) is 0 Å². The van der Waals surface area contributed by atoms with Gasteiger partial charge in [-0.1, -0.05) is 29.3 Å². The molecule has 6 heteroatoms. The monoisotopic (exact) mass is 391 g/mol. The highest BCUT2D eigenvalue weighted by Crippen LogP contribution is 2.38. The number of ether oxygens (including phenoxy) is 2. The lowest BCUT2D eigenvalue weighted by atomic mass is 10.1. The van der Waals surface area contributed by atoms with Crippen LogP contribution < -0.4 is 14.8 Å². The van der Waals surface area contributed by atoms with E-state index in [-0.39, 0.29) is 5.91 Å². The lowest BCUT2D eigenvalue weighted by Gasteiger charge is -2.11. The Balaban J connectivity index is 1.77. The fourth-order valence-corrected chi connectivity index (χ4v) is 3.40. The minimum atomic E-state index is -0.276. The second-order valence-corrected chi connectivity index (χ2v) is 6.96. The number of halogens is 2. The lowest BCUT2D eigenvalue weighted by molar-refractivity contribution is -0.111. The second kappa shape index (κ2) is 8.02. The van der Waals surface area contributed by atoms with Gasteiger partial charge in [0.15, 0.2) is 11.5 Å². The predicted octanol–water partition coefficient (Wildman–Crippen LogP) is 5.42. The van der Waals surface area contributed by atoms with E-state index < -0.39 is 0 Å². The van der Waals surface area contributed by atoms with Crippen LogP contribution in [-0.4, -0.2) is 19.1 Å². The molecule has 0 fully saturated rings. The summed E-state index contributed by atoms with van der Waals surface area (Å²) < 4.78 is 11.3. The molecule has 136 valence electrons. The number of aryl methyl sites for hydroxylation is 2. The summed E-state index contributed by atoms with van der Waals surface area (Å²) in [6, 6.07) is 7.33. The third kappa shape index (κ3) is 4.32. The summed E-state index contributed by atoms with van der Waals surface area (Å²) in [5, 5.41) is 3.79. The Morgan fingerprint density at radius 2 is 1.85 bits per heavy atom. The van der Waals surface area contributed by atoms with Gasteiger partial charge in [0, 0.05) is 12.5 Å². The molecule has 2 aromatic carbocycles. The van der Waals surface area contributed by atoms with Gasteiger partial charge in [-0.05, 0) is 54.8 Å². The van der Waals surface area contributed by atoms with Crippen molar-refractivity contribution in [3.63, 3.8) is 0 Å². The molecular weight excluding hydrogens is 373 g/mol. The van der Waals surface area contributed by atoms with Gasteiger partial charge in [-0.3, -0.25) is 4.79 Å². The number of rotatable bonds is 3. The zero-order chi connectivity index (χ0) is 18.7. The molecule has 0 bridgehead atoms. The average molecular weight is 392 g/mol. The van der Waals surface area contributed by atoms with Crippen LogP contribution in [0.15, 0.2) is 30.3 Å². The number of hydrogen-bond donors (Lipinski definition) is 1. The summed E-state index contributed by atoms with van der Waals surface area (Å²) in [5.41, 5.74) is 3.32. The van der Waals surface area contributed by atoms with Crippen LogP contribution in [0.2, 0.25) is 10.0 Å². The van der Waals surface area contributed by atoms with Crippen molar-refractivity contribution in [2.75, 3.05) is 18.5 Å². The highest BCUT2D eigenvalue weighted by Gasteiger charge is 2.15. The van der Waals surface area contributed by atoms with Crippen molar-refractivity contribution in [1.82, 2.24) is 0 Å². The number of nitrogens with one attached hydrogen (secondary N) is 1. The summed E-state index contributed by atoms with van der Waals surface area (Å²) in [7, 11) is 0. The maximum Gasteiger partial charge on any atom is 0.248 e. The van der Waals surface area contributed by atoms with Crippen LogP contribution in [0.1, 0.15) is 23.1 Å². The van der Waals surface area contributed by atoms with E-state index in [1.54, 1.807) is 18.2 Å². The second-order valence-electron chi connectivity index (χ2n) is 6.14. The van der Waals surface area contributed by atoms with Gasteiger partial charge in [0.05, 0.1) is 28.9 Å².